The fourth-order valence-corrected chi connectivity index (χ4v) is 4.07. The zero-order chi connectivity index (χ0) is 14.8. The summed E-state index contributed by atoms with van der Waals surface area (Å²) in [6.07, 6.45) is 5.69. The first-order valence-electron chi connectivity index (χ1n) is 7.95. The van der Waals surface area contributed by atoms with Crippen LogP contribution in [0.5, 0.6) is 0 Å². The number of piperidine rings is 2. The minimum atomic E-state index is -0.401. The number of halogens is 1. The maximum Gasteiger partial charge on any atom is 0.143 e. The van der Waals surface area contributed by atoms with Crippen LogP contribution in [-0.2, 0) is 0 Å². The Hall–Kier alpha value is -1.60. The normalized spacial score (nSPS) is 28.2. The Morgan fingerprint density at radius 1 is 1.33 bits per heavy atom. The summed E-state index contributed by atoms with van der Waals surface area (Å²) in [7, 11) is 0. The number of nitrogens with one attached hydrogen (secondary N) is 1. The highest BCUT2D eigenvalue weighted by atomic mass is 19.1. The van der Waals surface area contributed by atoms with Crippen LogP contribution in [0, 0.1) is 17.1 Å². The van der Waals surface area contributed by atoms with E-state index < -0.39 is 5.82 Å². The first-order valence-corrected chi connectivity index (χ1v) is 7.95. The zero-order valence-corrected chi connectivity index (χ0v) is 12.5. The third-order valence-electron chi connectivity index (χ3n) is 4.85. The fourth-order valence-electron chi connectivity index (χ4n) is 4.07. The molecular weight excluding hydrogens is 265 g/mol. The van der Waals surface area contributed by atoms with E-state index in [2.05, 4.69) is 23.2 Å². The molecule has 2 heterocycles. The minimum absolute atomic E-state index is 0.205. The van der Waals surface area contributed by atoms with E-state index in [4.69, 9.17) is 0 Å². The van der Waals surface area contributed by atoms with Gasteiger partial charge in [-0.15, -0.1) is 0 Å². The lowest BCUT2D eigenvalue weighted by atomic mass is 9.81. The first kappa shape index (κ1) is 14.3. The molecule has 0 radical (unpaired) electrons. The number of fused-ring (bicyclic) bond motifs is 2. The molecule has 2 unspecified atom stereocenters. The Balaban J connectivity index is 1.93. The highest BCUT2D eigenvalue weighted by molar-refractivity contribution is 5.61. The van der Waals surface area contributed by atoms with Crippen LogP contribution in [0.4, 0.5) is 10.1 Å². The molecule has 21 heavy (non-hydrogen) atoms. The van der Waals surface area contributed by atoms with Crippen molar-refractivity contribution in [1.29, 1.82) is 5.26 Å². The van der Waals surface area contributed by atoms with E-state index in [1.165, 1.54) is 12.5 Å². The summed E-state index contributed by atoms with van der Waals surface area (Å²) in [5, 5.41) is 12.9. The number of hydrogen-bond donors (Lipinski definition) is 1. The zero-order valence-electron chi connectivity index (χ0n) is 12.5. The van der Waals surface area contributed by atoms with Crippen molar-refractivity contribution in [2.75, 3.05) is 11.4 Å². The Kier molecular flexibility index (Phi) is 4.12. The number of benzene rings is 1. The Bertz CT molecular complexity index is 537. The highest BCUT2D eigenvalue weighted by Gasteiger charge is 2.39. The predicted molar refractivity (Wildman–Crippen MR) is 81.7 cm³/mol. The van der Waals surface area contributed by atoms with E-state index in [0.717, 1.165) is 37.9 Å². The topological polar surface area (TPSA) is 39.1 Å². The summed E-state index contributed by atoms with van der Waals surface area (Å²) in [6.45, 7) is 3.13. The Morgan fingerprint density at radius 3 is 2.67 bits per heavy atom. The molecule has 0 aliphatic carbocycles. The van der Waals surface area contributed by atoms with Crippen LogP contribution < -0.4 is 10.2 Å². The highest BCUT2D eigenvalue weighted by Crippen LogP contribution is 2.39. The average Bonchev–Trinajstić information content (AvgIpc) is 2.46. The standard InChI is InChI=1S/C17H22FN3/c1-2-20-12-9-13-5-3-6-14(10-12)21(13)17-8-4-7-16(18)15(17)11-19/h4,7-8,12-14,20H,2-3,5-6,9-10H2,1H3. The SMILES string of the molecule is CCNC1CC2CCCC(C1)N2c1cccc(F)c1C#N. The van der Waals surface area contributed by atoms with E-state index >= 15 is 0 Å². The third kappa shape index (κ3) is 2.63. The van der Waals surface area contributed by atoms with Gasteiger partial charge in [-0.25, -0.2) is 4.39 Å². The molecule has 2 bridgehead atoms. The molecule has 1 aromatic rings. The molecule has 0 spiro atoms. The van der Waals surface area contributed by atoms with Gasteiger partial charge >= 0.3 is 0 Å². The maximum atomic E-state index is 13.9. The monoisotopic (exact) mass is 287 g/mol. The van der Waals surface area contributed by atoms with Crippen molar-refractivity contribution in [3.05, 3.63) is 29.6 Å². The lowest BCUT2D eigenvalue weighted by molar-refractivity contribution is 0.247. The molecule has 0 amide bonds. The van der Waals surface area contributed by atoms with Gasteiger partial charge in [0.15, 0.2) is 0 Å². The second kappa shape index (κ2) is 6.03. The summed E-state index contributed by atoms with van der Waals surface area (Å²) >= 11 is 0. The van der Waals surface area contributed by atoms with E-state index in [1.807, 2.05) is 6.07 Å². The molecule has 2 saturated heterocycles. The summed E-state index contributed by atoms with van der Waals surface area (Å²) in [5.41, 5.74) is 0.999. The molecule has 3 rings (SSSR count). The van der Waals surface area contributed by atoms with Crippen LogP contribution in [0.25, 0.3) is 0 Å². The summed E-state index contributed by atoms with van der Waals surface area (Å²) in [4.78, 5) is 2.33. The van der Waals surface area contributed by atoms with Gasteiger partial charge in [0.25, 0.3) is 0 Å². The van der Waals surface area contributed by atoms with Gasteiger partial charge in [0.05, 0.1) is 5.69 Å². The molecule has 0 saturated carbocycles. The molecule has 2 aliphatic heterocycles. The molecule has 112 valence electrons. The number of hydrogen-bond acceptors (Lipinski definition) is 3. The Morgan fingerprint density at radius 2 is 2.05 bits per heavy atom. The van der Waals surface area contributed by atoms with Crippen LogP contribution in [0.2, 0.25) is 0 Å². The molecule has 3 nitrogen and oxygen atoms in total. The van der Waals surface area contributed by atoms with Gasteiger partial charge in [0.2, 0.25) is 0 Å². The average molecular weight is 287 g/mol. The van der Waals surface area contributed by atoms with Crippen LogP contribution in [0.15, 0.2) is 18.2 Å². The van der Waals surface area contributed by atoms with Gasteiger partial charge in [-0.1, -0.05) is 13.0 Å². The van der Waals surface area contributed by atoms with Crippen LogP contribution in [-0.4, -0.2) is 24.7 Å². The predicted octanol–water partition coefficient (Wildman–Crippen LogP) is 3.20. The molecular formula is C17H22FN3. The van der Waals surface area contributed by atoms with Crippen LogP contribution in [0.3, 0.4) is 0 Å². The van der Waals surface area contributed by atoms with Crippen LogP contribution >= 0.6 is 0 Å². The van der Waals surface area contributed by atoms with Crippen molar-refractivity contribution in [3.63, 3.8) is 0 Å². The summed E-state index contributed by atoms with van der Waals surface area (Å²) in [5.74, 6) is -0.401. The molecule has 1 aromatic carbocycles. The van der Waals surface area contributed by atoms with E-state index in [1.54, 1.807) is 6.07 Å². The second-order valence-electron chi connectivity index (χ2n) is 6.12. The molecule has 2 aliphatic rings. The van der Waals surface area contributed by atoms with Crippen LogP contribution in [0.1, 0.15) is 44.6 Å². The van der Waals surface area contributed by atoms with Gasteiger partial charge in [-0.2, -0.15) is 5.26 Å². The van der Waals surface area contributed by atoms with Crippen molar-refractivity contribution < 1.29 is 4.39 Å². The summed E-state index contributed by atoms with van der Waals surface area (Å²) < 4.78 is 13.9. The smallest absolute Gasteiger partial charge is 0.143 e. The molecule has 4 heteroatoms. The second-order valence-corrected chi connectivity index (χ2v) is 6.12. The van der Waals surface area contributed by atoms with E-state index in [-0.39, 0.29) is 5.56 Å². The van der Waals surface area contributed by atoms with Gasteiger partial charge in [0.1, 0.15) is 17.4 Å². The first-order chi connectivity index (χ1) is 10.2. The van der Waals surface area contributed by atoms with Gasteiger partial charge in [0, 0.05) is 18.1 Å². The van der Waals surface area contributed by atoms with Crippen molar-refractivity contribution in [1.82, 2.24) is 5.32 Å². The van der Waals surface area contributed by atoms with Gasteiger partial charge in [-0.05, 0) is 50.8 Å². The maximum absolute atomic E-state index is 13.9. The van der Waals surface area contributed by atoms with Gasteiger partial charge in [-0.3, -0.25) is 0 Å². The van der Waals surface area contributed by atoms with E-state index in [0.29, 0.717) is 18.1 Å². The quantitative estimate of drug-likeness (QED) is 0.928. The molecule has 2 atom stereocenters. The molecule has 1 N–H and O–H groups in total. The van der Waals surface area contributed by atoms with E-state index in [9.17, 15) is 9.65 Å². The van der Waals surface area contributed by atoms with Crippen molar-refractivity contribution in [2.45, 2.75) is 57.2 Å². The minimum Gasteiger partial charge on any atom is -0.364 e. The number of rotatable bonds is 3. The molecule has 0 aromatic heterocycles. The number of nitriles is 1. The van der Waals surface area contributed by atoms with Crippen molar-refractivity contribution in [3.8, 4) is 6.07 Å². The fraction of sp³-hybridized carbons (Fsp3) is 0.588. The number of anilines is 1. The lowest BCUT2D eigenvalue weighted by Crippen LogP contribution is -2.56. The van der Waals surface area contributed by atoms with Crippen molar-refractivity contribution >= 4 is 5.69 Å². The Labute approximate surface area is 125 Å². The molecule has 2 fully saturated rings. The summed E-state index contributed by atoms with van der Waals surface area (Å²) in [6, 6.07) is 8.46. The third-order valence-corrected chi connectivity index (χ3v) is 4.85. The largest absolute Gasteiger partial charge is 0.364 e. The lowest BCUT2D eigenvalue weighted by Gasteiger charge is -2.50. The number of nitrogens with zero attached hydrogens (tertiary/aromatic N) is 2. The van der Waals surface area contributed by atoms with Crippen molar-refractivity contribution in [2.24, 2.45) is 0 Å². The van der Waals surface area contributed by atoms with Gasteiger partial charge < -0.3 is 10.2 Å².